The van der Waals surface area contributed by atoms with E-state index in [-0.39, 0.29) is 28.7 Å². The van der Waals surface area contributed by atoms with Gasteiger partial charge in [-0.05, 0) is 31.9 Å². The molecule has 1 aromatic rings. The van der Waals surface area contributed by atoms with Crippen molar-refractivity contribution in [3.63, 3.8) is 0 Å². The normalized spacial score (nSPS) is 22.8. The van der Waals surface area contributed by atoms with Crippen molar-refractivity contribution in [3.8, 4) is 0 Å². The van der Waals surface area contributed by atoms with Crippen molar-refractivity contribution in [2.45, 2.75) is 37.3 Å². The summed E-state index contributed by atoms with van der Waals surface area (Å²) in [5, 5.41) is -0.278. The van der Waals surface area contributed by atoms with Crippen molar-refractivity contribution in [2.24, 2.45) is 4.99 Å². The molecule has 5 nitrogen and oxygen atoms in total. The van der Waals surface area contributed by atoms with Crippen LogP contribution in [0.25, 0.3) is 0 Å². The second kappa shape index (κ2) is 7.72. The molecule has 0 saturated carbocycles. The van der Waals surface area contributed by atoms with Gasteiger partial charge in [-0.25, -0.2) is 13.4 Å². The molecule has 1 saturated heterocycles. The topological polar surface area (TPSA) is 66.8 Å². The number of benzene rings is 1. The van der Waals surface area contributed by atoms with E-state index in [2.05, 4.69) is 11.1 Å². The number of hydrogen-bond donors (Lipinski definition) is 0. The fourth-order valence-corrected chi connectivity index (χ4v) is 7.11. The quantitative estimate of drug-likeness (QED) is 0.780. The summed E-state index contributed by atoms with van der Waals surface area (Å²) in [6, 6.07) is 7.85. The SMILES string of the molecule is CCN(C(=O)[C@@H](C)SC1=Nc2ccccc2CS1)[C@@H]1CCS(=O)(=O)C1. The Morgan fingerprint density at radius 1 is 1.44 bits per heavy atom. The molecule has 136 valence electrons. The van der Waals surface area contributed by atoms with E-state index in [4.69, 9.17) is 0 Å². The van der Waals surface area contributed by atoms with Gasteiger partial charge in [-0.3, -0.25) is 4.79 Å². The molecule has 2 aliphatic rings. The third kappa shape index (κ3) is 4.41. The number of fused-ring (bicyclic) bond motifs is 1. The highest BCUT2D eigenvalue weighted by Gasteiger charge is 2.35. The van der Waals surface area contributed by atoms with Crippen LogP contribution in [0.3, 0.4) is 0 Å². The van der Waals surface area contributed by atoms with Crippen molar-refractivity contribution in [1.29, 1.82) is 0 Å². The second-order valence-corrected chi connectivity index (χ2v) is 11.0. The molecular weight excluding hydrogens is 376 g/mol. The Labute approximate surface area is 157 Å². The average molecular weight is 399 g/mol. The number of thioether (sulfide) groups is 2. The van der Waals surface area contributed by atoms with E-state index in [1.807, 2.05) is 32.0 Å². The molecule has 2 aliphatic heterocycles. The maximum atomic E-state index is 12.8. The van der Waals surface area contributed by atoms with Gasteiger partial charge in [-0.15, -0.1) is 0 Å². The molecule has 1 amide bonds. The van der Waals surface area contributed by atoms with Crippen LogP contribution in [0.2, 0.25) is 0 Å². The summed E-state index contributed by atoms with van der Waals surface area (Å²) in [5.74, 6) is 1.13. The number of carbonyl (C=O) groups excluding carboxylic acids is 1. The molecular formula is C17H22N2O3S3. The van der Waals surface area contributed by atoms with Gasteiger partial charge in [0, 0.05) is 18.3 Å². The van der Waals surface area contributed by atoms with E-state index in [0.717, 1.165) is 15.8 Å². The molecule has 2 atom stereocenters. The first kappa shape index (κ1) is 18.8. The van der Waals surface area contributed by atoms with E-state index in [1.54, 1.807) is 16.7 Å². The van der Waals surface area contributed by atoms with Crippen molar-refractivity contribution in [1.82, 2.24) is 4.90 Å². The monoisotopic (exact) mass is 398 g/mol. The van der Waals surface area contributed by atoms with E-state index in [1.165, 1.54) is 17.3 Å². The first-order valence-corrected chi connectivity index (χ1v) is 12.0. The Morgan fingerprint density at radius 2 is 2.20 bits per heavy atom. The number of amides is 1. The molecule has 0 bridgehead atoms. The summed E-state index contributed by atoms with van der Waals surface area (Å²) >= 11 is 3.12. The maximum Gasteiger partial charge on any atom is 0.236 e. The van der Waals surface area contributed by atoms with Crippen LogP contribution in [0.15, 0.2) is 29.3 Å². The molecule has 8 heteroatoms. The Morgan fingerprint density at radius 3 is 2.88 bits per heavy atom. The van der Waals surface area contributed by atoms with Gasteiger partial charge in [0.2, 0.25) is 5.91 Å². The van der Waals surface area contributed by atoms with Gasteiger partial charge in [0.25, 0.3) is 0 Å². The number of rotatable bonds is 4. The summed E-state index contributed by atoms with van der Waals surface area (Å²) in [6.07, 6.45) is 0.544. The zero-order chi connectivity index (χ0) is 18.0. The fraction of sp³-hybridized carbons (Fsp3) is 0.529. The minimum atomic E-state index is -3.00. The maximum absolute atomic E-state index is 12.8. The molecule has 0 aliphatic carbocycles. The third-order valence-electron chi connectivity index (χ3n) is 4.45. The van der Waals surface area contributed by atoms with Crippen LogP contribution < -0.4 is 0 Å². The summed E-state index contributed by atoms with van der Waals surface area (Å²) in [6.45, 7) is 4.32. The molecule has 0 unspecified atom stereocenters. The van der Waals surface area contributed by atoms with E-state index >= 15 is 0 Å². The zero-order valence-corrected chi connectivity index (χ0v) is 16.8. The minimum absolute atomic E-state index is 0.00300. The van der Waals surface area contributed by atoms with Gasteiger partial charge in [-0.1, -0.05) is 41.7 Å². The molecule has 25 heavy (non-hydrogen) atoms. The third-order valence-corrected chi connectivity index (χ3v) is 8.49. The lowest BCUT2D eigenvalue weighted by Gasteiger charge is -2.29. The number of sulfone groups is 1. The molecule has 1 fully saturated rings. The number of hydrogen-bond acceptors (Lipinski definition) is 6. The molecule has 3 rings (SSSR count). The summed E-state index contributed by atoms with van der Waals surface area (Å²) < 4.78 is 24.3. The van der Waals surface area contributed by atoms with Crippen molar-refractivity contribution in [2.75, 3.05) is 18.1 Å². The van der Waals surface area contributed by atoms with Gasteiger partial charge in [0.15, 0.2) is 9.84 Å². The van der Waals surface area contributed by atoms with E-state index < -0.39 is 9.84 Å². The smallest absolute Gasteiger partial charge is 0.236 e. The Kier molecular flexibility index (Phi) is 5.80. The van der Waals surface area contributed by atoms with Gasteiger partial charge in [-0.2, -0.15) is 0 Å². The van der Waals surface area contributed by atoms with E-state index in [9.17, 15) is 13.2 Å². The first-order chi connectivity index (χ1) is 11.9. The van der Waals surface area contributed by atoms with Crippen molar-refractivity contribution in [3.05, 3.63) is 29.8 Å². The van der Waals surface area contributed by atoms with Crippen LogP contribution >= 0.6 is 23.5 Å². The highest BCUT2D eigenvalue weighted by molar-refractivity contribution is 8.39. The van der Waals surface area contributed by atoms with Gasteiger partial charge >= 0.3 is 0 Å². The largest absolute Gasteiger partial charge is 0.338 e. The van der Waals surface area contributed by atoms with Crippen molar-refractivity contribution < 1.29 is 13.2 Å². The predicted octanol–water partition coefficient (Wildman–Crippen LogP) is 3.08. The van der Waals surface area contributed by atoms with Crippen LogP contribution in [0.4, 0.5) is 5.69 Å². The van der Waals surface area contributed by atoms with Gasteiger partial charge in [0.1, 0.15) is 4.38 Å². The average Bonchev–Trinajstić information content (AvgIpc) is 2.95. The van der Waals surface area contributed by atoms with Crippen LogP contribution in [-0.4, -0.2) is 52.9 Å². The number of para-hydroxylation sites is 1. The van der Waals surface area contributed by atoms with Crippen LogP contribution in [0, 0.1) is 0 Å². The Bertz CT molecular complexity index is 792. The lowest BCUT2D eigenvalue weighted by molar-refractivity contribution is -0.131. The summed E-state index contributed by atoms with van der Waals surface area (Å²) in [5.41, 5.74) is 2.18. The predicted molar refractivity (Wildman–Crippen MR) is 106 cm³/mol. The Balaban J connectivity index is 1.67. The summed E-state index contributed by atoms with van der Waals surface area (Å²) in [7, 11) is -3.00. The molecule has 0 aromatic heterocycles. The van der Waals surface area contributed by atoms with Gasteiger partial charge < -0.3 is 4.90 Å². The first-order valence-electron chi connectivity index (χ1n) is 8.36. The standard InChI is InChI=1S/C17H22N2O3S3/c1-3-19(14-8-9-25(21,22)11-14)16(20)12(2)24-17-18-15-7-5-4-6-13(15)10-23-17/h4-7,12,14H,3,8-11H2,1-2H3/t12-,14-/m1/s1. The lowest BCUT2D eigenvalue weighted by atomic mass is 10.2. The number of aliphatic imine (C=N–C) groups is 1. The number of nitrogens with zero attached hydrogens (tertiary/aromatic N) is 2. The second-order valence-electron chi connectivity index (χ2n) is 6.24. The fourth-order valence-electron chi connectivity index (χ4n) is 3.12. The molecule has 2 heterocycles. The highest BCUT2D eigenvalue weighted by atomic mass is 32.2. The molecule has 0 N–H and O–H groups in total. The summed E-state index contributed by atoms with van der Waals surface area (Å²) in [4.78, 5) is 19.2. The Hall–Kier alpha value is -0.990. The van der Waals surface area contributed by atoms with Crippen LogP contribution in [0.5, 0.6) is 0 Å². The lowest BCUT2D eigenvalue weighted by Crippen LogP contribution is -2.44. The molecule has 0 spiro atoms. The molecule has 1 aromatic carbocycles. The highest BCUT2D eigenvalue weighted by Crippen LogP contribution is 2.36. The van der Waals surface area contributed by atoms with Crippen LogP contribution in [0.1, 0.15) is 25.8 Å². The zero-order valence-electron chi connectivity index (χ0n) is 14.3. The minimum Gasteiger partial charge on any atom is -0.338 e. The van der Waals surface area contributed by atoms with Gasteiger partial charge in [0.05, 0.1) is 22.4 Å². The van der Waals surface area contributed by atoms with Crippen LogP contribution in [-0.2, 0) is 20.4 Å². The number of carbonyl (C=O) groups is 1. The van der Waals surface area contributed by atoms with E-state index in [0.29, 0.717) is 13.0 Å². The van der Waals surface area contributed by atoms with Crippen molar-refractivity contribution >= 4 is 49.3 Å². The molecule has 0 radical (unpaired) electrons.